The summed E-state index contributed by atoms with van der Waals surface area (Å²) in [4.78, 5) is 22.3. The van der Waals surface area contributed by atoms with Gasteiger partial charge in [-0.25, -0.2) is 0 Å². The molecule has 0 spiro atoms. The Labute approximate surface area is 128 Å². The molecule has 0 saturated carbocycles. The van der Waals surface area contributed by atoms with Gasteiger partial charge in [-0.15, -0.1) is 6.58 Å². The Balaban J connectivity index is 3.63. The number of carboxylic acids is 1. The molecule has 0 fully saturated rings. The molecule has 0 heterocycles. The molecule has 4 heteroatoms. The second-order valence-corrected chi connectivity index (χ2v) is 5.45. The molecular weight excluding hydrogens is 268 g/mol. The van der Waals surface area contributed by atoms with E-state index in [1.165, 1.54) is 19.3 Å². The Morgan fingerprint density at radius 2 is 1.76 bits per heavy atom. The highest BCUT2D eigenvalue weighted by atomic mass is 16.5. The molecule has 0 aromatic carbocycles. The van der Waals surface area contributed by atoms with Gasteiger partial charge in [-0.1, -0.05) is 45.1 Å². The summed E-state index contributed by atoms with van der Waals surface area (Å²) >= 11 is 0. The van der Waals surface area contributed by atoms with E-state index in [9.17, 15) is 9.59 Å². The second kappa shape index (κ2) is 13.7. The lowest BCUT2D eigenvalue weighted by molar-refractivity contribution is -0.153. The van der Waals surface area contributed by atoms with Gasteiger partial charge in [0.25, 0.3) is 0 Å². The zero-order valence-corrected chi connectivity index (χ0v) is 13.3. The third kappa shape index (κ3) is 13.4. The van der Waals surface area contributed by atoms with Crippen LogP contribution in [0.3, 0.4) is 0 Å². The fourth-order valence-corrected chi connectivity index (χ4v) is 2.23. The fourth-order valence-electron chi connectivity index (χ4n) is 2.23. The van der Waals surface area contributed by atoms with Gasteiger partial charge in [-0.3, -0.25) is 9.59 Å². The maximum Gasteiger partial charge on any atom is 0.307 e. The van der Waals surface area contributed by atoms with Crippen molar-refractivity contribution in [2.45, 2.75) is 83.7 Å². The Morgan fingerprint density at radius 1 is 1.14 bits per heavy atom. The highest BCUT2D eigenvalue weighted by Crippen LogP contribution is 2.12. The van der Waals surface area contributed by atoms with Crippen molar-refractivity contribution in [2.75, 3.05) is 0 Å². The van der Waals surface area contributed by atoms with Crippen LogP contribution in [0.5, 0.6) is 0 Å². The molecule has 0 radical (unpaired) electrons. The number of carboxylic acid groups (broad SMARTS) is 1. The lowest BCUT2D eigenvalue weighted by atomic mass is 10.1. The first-order valence-electron chi connectivity index (χ1n) is 8.12. The van der Waals surface area contributed by atoms with E-state index < -0.39 is 12.1 Å². The number of hydrogen-bond donors (Lipinski definition) is 1. The Hall–Kier alpha value is -1.32. The molecule has 0 aromatic heterocycles. The van der Waals surface area contributed by atoms with Crippen molar-refractivity contribution in [2.24, 2.45) is 0 Å². The van der Waals surface area contributed by atoms with E-state index in [0.29, 0.717) is 12.8 Å². The zero-order chi connectivity index (χ0) is 15.9. The monoisotopic (exact) mass is 298 g/mol. The van der Waals surface area contributed by atoms with Crippen LogP contribution in [-0.2, 0) is 14.3 Å². The van der Waals surface area contributed by atoms with E-state index in [1.807, 2.05) is 13.0 Å². The van der Waals surface area contributed by atoms with Crippen molar-refractivity contribution in [1.29, 1.82) is 0 Å². The molecular formula is C17H30O4. The second-order valence-electron chi connectivity index (χ2n) is 5.45. The van der Waals surface area contributed by atoms with Crippen LogP contribution in [0.1, 0.15) is 77.6 Å². The molecule has 0 saturated heterocycles. The average Bonchev–Trinajstić information content (AvgIpc) is 2.41. The summed E-state index contributed by atoms with van der Waals surface area (Å²) in [6.07, 6.45) is 10.9. The summed E-state index contributed by atoms with van der Waals surface area (Å²) in [5.41, 5.74) is 0. The maximum atomic E-state index is 11.7. The Bertz CT molecular complexity index is 299. The van der Waals surface area contributed by atoms with Gasteiger partial charge in [-0.05, 0) is 25.7 Å². The molecule has 0 aliphatic carbocycles. The number of ether oxygens (including phenoxy) is 1. The first-order valence-corrected chi connectivity index (χ1v) is 8.12. The number of carbonyl (C=O) groups excluding carboxylic acids is 1. The van der Waals surface area contributed by atoms with Crippen molar-refractivity contribution in [3.05, 3.63) is 12.7 Å². The van der Waals surface area contributed by atoms with E-state index in [2.05, 4.69) is 6.58 Å². The third-order valence-electron chi connectivity index (χ3n) is 3.35. The molecule has 0 aliphatic heterocycles. The number of esters is 1. The third-order valence-corrected chi connectivity index (χ3v) is 3.35. The summed E-state index contributed by atoms with van der Waals surface area (Å²) in [5.74, 6) is -1.18. The normalized spacial score (nSPS) is 11.9. The molecule has 21 heavy (non-hydrogen) atoms. The van der Waals surface area contributed by atoms with Crippen LogP contribution in [-0.4, -0.2) is 23.1 Å². The van der Waals surface area contributed by atoms with Gasteiger partial charge in [0.15, 0.2) is 0 Å². The Morgan fingerprint density at radius 3 is 2.33 bits per heavy atom. The minimum atomic E-state index is -0.916. The Kier molecular flexibility index (Phi) is 12.8. The van der Waals surface area contributed by atoms with E-state index in [-0.39, 0.29) is 12.4 Å². The number of allylic oxidation sites excluding steroid dienone is 1. The largest absolute Gasteiger partial charge is 0.481 e. The molecule has 0 aromatic rings. The molecule has 122 valence electrons. The van der Waals surface area contributed by atoms with Gasteiger partial charge in [0.1, 0.15) is 6.10 Å². The number of hydrogen-bond acceptors (Lipinski definition) is 3. The first kappa shape index (κ1) is 19.7. The molecule has 0 rings (SSSR count). The lowest BCUT2D eigenvalue weighted by Crippen LogP contribution is -2.21. The number of carbonyl (C=O) groups is 2. The number of aliphatic carboxylic acids is 1. The summed E-state index contributed by atoms with van der Waals surface area (Å²) in [6, 6.07) is 0. The summed E-state index contributed by atoms with van der Waals surface area (Å²) in [7, 11) is 0. The molecule has 0 aliphatic rings. The number of unbranched alkanes of at least 4 members (excludes halogenated alkanes) is 6. The fraction of sp³-hybridized carbons (Fsp3) is 0.765. The molecule has 0 amide bonds. The van der Waals surface area contributed by atoms with Crippen LogP contribution in [0.4, 0.5) is 0 Å². The van der Waals surface area contributed by atoms with Crippen molar-refractivity contribution in [3.63, 3.8) is 0 Å². The van der Waals surface area contributed by atoms with Gasteiger partial charge in [-0.2, -0.15) is 0 Å². The summed E-state index contributed by atoms with van der Waals surface area (Å²) in [5, 5.41) is 8.76. The molecule has 4 nitrogen and oxygen atoms in total. The SMILES string of the molecule is C=CCCCCCCCCC(=O)OC(CCC)CC(=O)O. The van der Waals surface area contributed by atoms with Crippen LogP contribution >= 0.6 is 0 Å². The standard InChI is InChI=1S/C17H30O4/c1-3-5-6-7-8-9-10-11-13-17(20)21-15(12-4-2)14-16(18)19/h3,15H,1,4-14H2,2H3,(H,18,19). The van der Waals surface area contributed by atoms with Crippen LogP contribution in [0.2, 0.25) is 0 Å². The zero-order valence-electron chi connectivity index (χ0n) is 13.3. The van der Waals surface area contributed by atoms with Crippen molar-refractivity contribution < 1.29 is 19.4 Å². The minimum absolute atomic E-state index is 0.0944. The maximum absolute atomic E-state index is 11.7. The lowest BCUT2D eigenvalue weighted by Gasteiger charge is -2.15. The molecule has 1 atom stereocenters. The summed E-state index contributed by atoms with van der Waals surface area (Å²) in [6.45, 7) is 5.65. The first-order chi connectivity index (χ1) is 10.1. The summed E-state index contributed by atoms with van der Waals surface area (Å²) < 4.78 is 5.23. The van der Waals surface area contributed by atoms with Gasteiger partial charge in [0.05, 0.1) is 6.42 Å². The van der Waals surface area contributed by atoms with Crippen LogP contribution < -0.4 is 0 Å². The average molecular weight is 298 g/mol. The van der Waals surface area contributed by atoms with E-state index >= 15 is 0 Å². The van der Waals surface area contributed by atoms with E-state index in [4.69, 9.17) is 9.84 Å². The minimum Gasteiger partial charge on any atom is -0.481 e. The highest BCUT2D eigenvalue weighted by Gasteiger charge is 2.16. The van der Waals surface area contributed by atoms with Gasteiger partial charge in [0, 0.05) is 6.42 Å². The van der Waals surface area contributed by atoms with E-state index in [1.54, 1.807) is 0 Å². The van der Waals surface area contributed by atoms with Crippen molar-refractivity contribution in [3.8, 4) is 0 Å². The van der Waals surface area contributed by atoms with Crippen LogP contribution in [0.25, 0.3) is 0 Å². The number of rotatable bonds is 14. The molecule has 1 unspecified atom stereocenters. The van der Waals surface area contributed by atoms with E-state index in [0.717, 1.165) is 32.1 Å². The predicted molar refractivity (Wildman–Crippen MR) is 84.2 cm³/mol. The van der Waals surface area contributed by atoms with Crippen molar-refractivity contribution in [1.82, 2.24) is 0 Å². The van der Waals surface area contributed by atoms with Gasteiger partial charge < -0.3 is 9.84 Å². The smallest absolute Gasteiger partial charge is 0.307 e. The van der Waals surface area contributed by atoms with Crippen LogP contribution in [0.15, 0.2) is 12.7 Å². The predicted octanol–water partition coefficient (Wildman–Crippen LogP) is 4.48. The molecule has 0 bridgehead atoms. The molecule has 1 N–H and O–H groups in total. The van der Waals surface area contributed by atoms with Crippen LogP contribution in [0, 0.1) is 0 Å². The van der Waals surface area contributed by atoms with Crippen molar-refractivity contribution >= 4 is 11.9 Å². The van der Waals surface area contributed by atoms with Gasteiger partial charge >= 0.3 is 11.9 Å². The quantitative estimate of drug-likeness (QED) is 0.292. The topological polar surface area (TPSA) is 63.6 Å². The van der Waals surface area contributed by atoms with Gasteiger partial charge in [0.2, 0.25) is 0 Å². The highest BCUT2D eigenvalue weighted by molar-refractivity contribution is 5.71.